The van der Waals surface area contributed by atoms with E-state index in [1.165, 1.54) is 12.3 Å². The second-order valence-electron chi connectivity index (χ2n) is 2.13. The fraction of sp³-hybridized carbons (Fsp3) is 0.143. The molecule has 0 saturated carbocycles. The molecule has 0 spiro atoms. The molecule has 0 N–H and O–H groups in total. The van der Waals surface area contributed by atoms with Crippen molar-refractivity contribution in [2.75, 3.05) is 0 Å². The summed E-state index contributed by atoms with van der Waals surface area (Å²) in [6, 6.07) is 1.39. The first kappa shape index (κ1) is 10.8. The minimum Gasteiger partial charge on any atom is -0.274 e. The summed E-state index contributed by atoms with van der Waals surface area (Å²) in [5, 5.41) is -0.964. The van der Waals surface area contributed by atoms with Crippen molar-refractivity contribution in [3.63, 3.8) is 0 Å². The van der Waals surface area contributed by atoms with Gasteiger partial charge in [-0.05, 0) is 40.3 Å². The number of hydrogen-bond donors (Lipinski definition) is 0. The van der Waals surface area contributed by atoms with Gasteiger partial charge in [-0.1, -0.05) is 0 Å². The first-order valence-corrected chi connectivity index (χ1v) is 4.62. The lowest BCUT2D eigenvalue weighted by atomic mass is 10.2. The predicted molar refractivity (Wildman–Crippen MR) is 52.1 cm³/mol. The molecule has 0 amide bonds. The quantitative estimate of drug-likeness (QED) is 0.620. The minimum absolute atomic E-state index is 0.284. The average molecular weight is 317 g/mol. The fourth-order valence-electron chi connectivity index (χ4n) is 0.814. The number of aromatic nitrogens is 1. The van der Waals surface area contributed by atoms with Crippen LogP contribution in [-0.2, 0) is 0 Å². The van der Waals surface area contributed by atoms with Gasteiger partial charge in [-0.15, -0.1) is 0 Å². The summed E-state index contributed by atoms with van der Waals surface area (Å²) in [5.74, 6) is 0. The number of alkyl halides is 2. The first-order chi connectivity index (χ1) is 6.04. The Morgan fingerprint density at radius 2 is 2.23 bits per heavy atom. The van der Waals surface area contributed by atoms with Crippen LogP contribution in [0.15, 0.2) is 12.3 Å². The molecule has 6 heteroatoms. The maximum absolute atomic E-state index is 12.4. The number of rotatable bonds is 2. The standard InChI is InChI=1S/C7H3ClF2INO/c8-6(13)5-4(7(9)10)3(11)1-2-12-5/h1-2,7H. The van der Waals surface area contributed by atoms with Crippen molar-refractivity contribution >= 4 is 39.4 Å². The van der Waals surface area contributed by atoms with E-state index in [4.69, 9.17) is 11.6 Å². The number of halogens is 4. The monoisotopic (exact) mass is 317 g/mol. The summed E-state index contributed by atoms with van der Waals surface area (Å²) in [6.45, 7) is 0. The van der Waals surface area contributed by atoms with Crippen LogP contribution in [0.5, 0.6) is 0 Å². The maximum atomic E-state index is 12.4. The van der Waals surface area contributed by atoms with Gasteiger partial charge in [0.2, 0.25) is 0 Å². The van der Waals surface area contributed by atoms with Gasteiger partial charge in [0, 0.05) is 9.77 Å². The summed E-state index contributed by atoms with van der Waals surface area (Å²) in [5.41, 5.74) is -0.772. The molecule has 0 bridgehead atoms. The molecule has 0 aromatic carbocycles. The van der Waals surface area contributed by atoms with Crippen molar-refractivity contribution in [1.29, 1.82) is 0 Å². The highest BCUT2D eigenvalue weighted by atomic mass is 127. The smallest absolute Gasteiger partial charge is 0.271 e. The Morgan fingerprint density at radius 1 is 1.62 bits per heavy atom. The van der Waals surface area contributed by atoms with Gasteiger partial charge in [0.25, 0.3) is 11.7 Å². The summed E-state index contributed by atoms with van der Waals surface area (Å²) >= 11 is 6.79. The van der Waals surface area contributed by atoms with Gasteiger partial charge in [0.05, 0.1) is 5.56 Å². The third kappa shape index (κ3) is 2.34. The third-order valence-corrected chi connectivity index (χ3v) is 2.46. The van der Waals surface area contributed by atoms with E-state index >= 15 is 0 Å². The molecule has 1 aromatic rings. The van der Waals surface area contributed by atoms with E-state index in [0.717, 1.165) is 0 Å². The highest BCUT2D eigenvalue weighted by Crippen LogP contribution is 2.27. The van der Waals surface area contributed by atoms with Crippen LogP contribution in [0, 0.1) is 3.57 Å². The molecule has 1 heterocycles. The molecule has 2 nitrogen and oxygen atoms in total. The average Bonchev–Trinajstić information content (AvgIpc) is 2.02. The van der Waals surface area contributed by atoms with Crippen molar-refractivity contribution in [2.45, 2.75) is 6.43 Å². The van der Waals surface area contributed by atoms with Crippen LogP contribution in [0.3, 0.4) is 0 Å². The molecule has 1 aromatic heterocycles. The summed E-state index contributed by atoms with van der Waals surface area (Å²) in [6.07, 6.45) is -1.47. The topological polar surface area (TPSA) is 30.0 Å². The summed E-state index contributed by atoms with van der Waals surface area (Å²) in [4.78, 5) is 14.2. The van der Waals surface area contributed by atoms with Crippen molar-refractivity contribution < 1.29 is 13.6 Å². The highest BCUT2D eigenvalue weighted by molar-refractivity contribution is 14.1. The maximum Gasteiger partial charge on any atom is 0.271 e. The van der Waals surface area contributed by atoms with Gasteiger partial charge < -0.3 is 0 Å². The number of carbonyl (C=O) groups is 1. The van der Waals surface area contributed by atoms with E-state index in [2.05, 4.69) is 4.98 Å². The van der Waals surface area contributed by atoms with Crippen LogP contribution >= 0.6 is 34.2 Å². The number of carbonyl (C=O) groups excluding carboxylic acids is 1. The number of pyridine rings is 1. The van der Waals surface area contributed by atoms with Crippen LogP contribution in [0.4, 0.5) is 8.78 Å². The lowest BCUT2D eigenvalue weighted by Gasteiger charge is -2.05. The molecule has 0 unspecified atom stereocenters. The Kier molecular flexibility index (Phi) is 3.55. The van der Waals surface area contributed by atoms with Gasteiger partial charge >= 0.3 is 0 Å². The molecule has 0 aliphatic carbocycles. The number of nitrogens with zero attached hydrogens (tertiary/aromatic N) is 1. The van der Waals surface area contributed by atoms with Gasteiger partial charge in [-0.25, -0.2) is 8.78 Å². The van der Waals surface area contributed by atoms with E-state index in [0.29, 0.717) is 0 Å². The van der Waals surface area contributed by atoms with Crippen LogP contribution in [0.1, 0.15) is 22.5 Å². The van der Waals surface area contributed by atoms with Crippen LogP contribution < -0.4 is 0 Å². The fourth-order valence-corrected chi connectivity index (χ4v) is 1.62. The van der Waals surface area contributed by atoms with Gasteiger partial charge in [-0.2, -0.15) is 0 Å². The summed E-state index contributed by atoms with van der Waals surface area (Å²) in [7, 11) is 0. The van der Waals surface area contributed by atoms with Crippen LogP contribution in [0.25, 0.3) is 0 Å². The zero-order chi connectivity index (χ0) is 10.0. The molecule has 0 fully saturated rings. The molecule has 0 saturated heterocycles. The van der Waals surface area contributed by atoms with Crippen molar-refractivity contribution in [1.82, 2.24) is 4.98 Å². The Morgan fingerprint density at radius 3 is 2.62 bits per heavy atom. The Balaban J connectivity index is 3.34. The molecule has 70 valence electrons. The molecule has 0 radical (unpaired) electrons. The normalized spacial score (nSPS) is 10.5. The van der Waals surface area contributed by atoms with Crippen LogP contribution in [0.2, 0.25) is 0 Å². The lowest BCUT2D eigenvalue weighted by Crippen LogP contribution is -2.03. The second kappa shape index (κ2) is 4.28. The van der Waals surface area contributed by atoms with E-state index in [9.17, 15) is 13.6 Å². The molecule has 0 aliphatic heterocycles. The second-order valence-corrected chi connectivity index (χ2v) is 3.63. The lowest BCUT2D eigenvalue weighted by molar-refractivity contribution is 0.106. The van der Waals surface area contributed by atoms with E-state index in [-0.39, 0.29) is 9.26 Å². The summed E-state index contributed by atoms with van der Waals surface area (Å²) < 4.78 is 25.1. The Hall–Kier alpha value is -0.300. The zero-order valence-corrected chi connectivity index (χ0v) is 9.01. The molecule has 0 aliphatic rings. The molecular weight excluding hydrogens is 314 g/mol. The van der Waals surface area contributed by atoms with Crippen LogP contribution in [-0.4, -0.2) is 10.2 Å². The van der Waals surface area contributed by atoms with Crippen molar-refractivity contribution in [3.05, 3.63) is 27.1 Å². The first-order valence-electron chi connectivity index (χ1n) is 3.16. The van der Waals surface area contributed by atoms with E-state index < -0.39 is 17.2 Å². The van der Waals surface area contributed by atoms with Gasteiger partial charge in [0.15, 0.2) is 0 Å². The minimum atomic E-state index is -2.74. The van der Waals surface area contributed by atoms with Gasteiger partial charge in [-0.3, -0.25) is 9.78 Å². The van der Waals surface area contributed by atoms with Crippen molar-refractivity contribution in [3.8, 4) is 0 Å². The predicted octanol–water partition coefficient (Wildman–Crippen LogP) is 3.00. The molecule has 13 heavy (non-hydrogen) atoms. The SMILES string of the molecule is O=C(Cl)c1nccc(I)c1C(F)F. The molecule has 0 atom stereocenters. The van der Waals surface area contributed by atoms with E-state index in [1.807, 2.05) is 0 Å². The zero-order valence-electron chi connectivity index (χ0n) is 6.10. The Labute approximate surface area is 91.4 Å². The molecular formula is C7H3ClF2INO. The number of hydrogen-bond acceptors (Lipinski definition) is 2. The highest BCUT2D eigenvalue weighted by Gasteiger charge is 2.21. The Bertz CT molecular complexity index is 345. The molecule has 1 rings (SSSR count). The van der Waals surface area contributed by atoms with E-state index in [1.54, 1.807) is 22.6 Å². The third-order valence-electron chi connectivity index (χ3n) is 1.34. The van der Waals surface area contributed by atoms with Gasteiger partial charge in [0.1, 0.15) is 5.69 Å². The van der Waals surface area contributed by atoms with Crippen molar-refractivity contribution in [2.24, 2.45) is 0 Å². The largest absolute Gasteiger partial charge is 0.274 e.